The minimum absolute atomic E-state index is 0.0771. The third-order valence-electron chi connectivity index (χ3n) is 3.64. The van der Waals surface area contributed by atoms with Gasteiger partial charge in [0.1, 0.15) is 11.7 Å². The molecule has 1 heterocycles. The van der Waals surface area contributed by atoms with Gasteiger partial charge in [-0.3, -0.25) is 10.1 Å². The fourth-order valence-corrected chi connectivity index (χ4v) is 2.61. The number of rotatable bonds is 3. The Labute approximate surface area is 145 Å². The van der Waals surface area contributed by atoms with Crippen LogP contribution in [-0.4, -0.2) is 18.2 Å². The maximum Gasteiger partial charge on any atom is 0.513 e. The van der Waals surface area contributed by atoms with E-state index < -0.39 is 45.8 Å². The SMILES string of the molecule is COC(=O)OC1=C(N)NC(C)=C([N+](=O)[O-])C1c1ccccc1C(F)(F)F. The molecule has 1 unspecified atom stereocenters. The Hall–Kier alpha value is -3.24. The van der Waals surface area contributed by atoms with Gasteiger partial charge in [-0.1, -0.05) is 18.2 Å². The van der Waals surface area contributed by atoms with Gasteiger partial charge in [-0.25, -0.2) is 4.79 Å². The third kappa shape index (κ3) is 3.55. The molecule has 0 saturated heterocycles. The lowest BCUT2D eigenvalue weighted by atomic mass is 9.87. The number of hydrogen-bond donors (Lipinski definition) is 2. The van der Waals surface area contributed by atoms with E-state index in [2.05, 4.69) is 10.1 Å². The number of nitrogens with one attached hydrogen (secondary N) is 1. The zero-order valence-electron chi connectivity index (χ0n) is 13.6. The van der Waals surface area contributed by atoms with E-state index in [9.17, 15) is 28.1 Å². The first-order valence-electron chi connectivity index (χ1n) is 7.11. The molecule has 0 aromatic heterocycles. The zero-order valence-corrected chi connectivity index (χ0v) is 13.6. The summed E-state index contributed by atoms with van der Waals surface area (Å²) in [6.07, 6.45) is -6.07. The number of halogens is 3. The third-order valence-corrected chi connectivity index (χ3v) is 3.64. The molecule has 2 rings (SSSR count). The average molecular weight is 373 g/mol. The van der Waals surface area contributed by atoms with Crippen LogP contribution in [0.2, 0.25) is 0 Å². The molecule has 1 atom stereocenters. The van der Waals surface area contributed by atoms with E-state index in [-0.39, 0.29) is 11.5 Å². The summed E-state index contributed by atoms with van der Waals surface area (Å²) < 4.78 is 49.4. The topological polar surface area (TPSA) is 117 Å². The molecule has 0 bridgehead atoms. The van der Waals surface area contributed by atoms with Crippen molar-refractivity contribution < 1.29 is 32.4 Å². The standard InChI is InChI=1S/C15H14F3N3O5/c1-7-11(21(23)24)10(12(13(19)20-7)26-14(22)25-2)8-5-3-4-6-9(8)15(16,17)18/h3-6,10,20H,19H2,1-2H3. The summed E-state index contributed by atoms with van der Waals surface area (Å²) in [5.41, 5.74) is 3.42. The molecule has 0 spiro atoms. The van der Waals surface area contributed by atoms with Gasteiger partial charge in [-0.05, 0) is 18.6 Å². The molecule has 8 nitrogen and oxygen atoms in total. The zero-order chi connectivity index (χ0) is 19.6. The lowest BCUT2D eigenvalue weighted by Gasteiger charge is -2.27. The monoisotopic (exact) mass is 373 g/mol. The van der Waals surface area contributed by atoms with Crippen LogP contribution in [0, 0.1) is 10.1 Å². The Bertz CT molecular complexity index is 817. The van der Waals surface area contributed by atoms with E-state index in [1.54, 1.807) is 0 Å². The van der Waals surface area contributed by atoms with Crippen molar-refractivity contribution in [2.45, 2.75) is 19.0 Å². The van der Waals surface area contributed by atoms with E-state index in [0.29, 0.717) is 0 Å². The van der Waals surface area contributed by atoms with Crippen molar-refractivity contribution in [1.82, 2.24) is 5.32 Å². The Morgan fingerprint density at radius 3 is 2.50 bits per heavy atom. The van der Waals surface area contributed by atoms with Crippen LogP contribution in [0.15, 0.2) is 47.2 Å². The van der Waals surface area contributed by atoms with Gasteiger partial charge in [0.05, 0.1) is 23.3 Å². The quantitative estimate of drug-likeness (QED) is 0.475. The number of allylic oxidation sites excluding steroid dienone is 1. The van der Waals surface area contributed by atoms with Crippen LogP contribution in [0.1, 0.15) is 24.0 Å². The molecule has 0 saturated carbocycles. The number of nitrogens with zero attached hydrogens (tertiary/aromatic N) is 1. The van der Waals surface area contributed by atoms with E-state index >= 15 is 0 Å². The van der Waals surface area contributed by atoms with Crippen molar-refractivity contribution in [3.05, 3.63) is 68.5 Å². The number of nitro groups is 1. The Morgan fingerprint density at radius 1 is 1.35 bits per heavy atom. The maximum absolute atomic E-state index is 13.4. The summed E-state index contributed by atoms with van der Waals surface area (Å²) in [6, 6.07) is 4.26. The van der Waals surface area contributed by atoms with Crippen molar-refractivity contribution in [2.75, 3.05) is 7.11 Å². The molecule has 26 heavy (non-hydrogen) atoms. The Morgan fingerprint density at radius 2 is 1.96 bits per heavy atom. The van der Waals surface area contributed by atoms with E-state index in [1.807, 2.05) is 0 Å². The van der Waals surface area contributed by atoms with Gasteiger partial charge in [-0.15, -0.1) is 0 Å². The second-order valence-electron chi connectivity index (χ2n) is 5.24. The van der Waals surface area contributed by atoms with Gasteiger partial charge >= 0.3 is 12.3 Å². The highest BCUT2D eigenvalue weighted by atomic mass is 19.4. The highest BCUT2D eigenvalue weighted by molar-refractivity contribution is 5.62. The molecule has 3 N–H and O–H groups in total. The van der Waals surface area contributed by atoms with Gasteiger partial charge in [-0.2, -0.15) is 13.2 Å². The Kier molecular flexibility index (Phi) is 5.10. The highest BCUT2D eigenvalue weighted by Gasteiger charge is 2.45. The fraction of sp³-hybridized carbons (Fsp3) is 0.267. The first-order valence-corrected chi connectivity index (χ1v) is 7.11. The van der Waals surface area contributed by atoms with Crippen LogP contribution < -0.4 is 11.1 Å². The lowest BCUT2D eigenvalue weighted by molar-refractivity contribution is -0.431. The summed E-state index contributed by atoms with van der Waals surface area (Å²) in [4.78, 5) is 22.1. The second-order valence-corrected chi connectivity index (χ2v) is 5.24. The molecule has 1 aliphatic rings. The molecule has 140 valence electrons. The normalized spacial score (nSPS) is 17.7. The minimum Gasteiger partial charge on any atom is -0.437 e. The van der Waals surface area contributed by atoms with Crippen molar-refractivity contribution in [3.8, 4) is 0 Å². The van der Waals surface area contributed by atoms with E-state index in [0.717, 1.165) is 25.3 Å². The number of hydrogen-bond acceptors (Lipinski definition) is 7. The van der Waals surface area contributed by atoms with Crippen LogP contribution >= 0.6 is 0 Å². The molecule has 1 aromatic carbocycles. The number of ether oxygens (including phenoxy) is 2. The second kappa shape index (κ2) is 6.94. The molecule has 11 heteroatoms. The van der Waals surface area contributed by atoms with Crippen molar-refractivity contribution >= 4 is 6.16 Å². The van der Waals surface area contributed by atoms with E-state index in [1.165, 1.54) is 13.0 Å². The van der Waals surface area contributed by atoms with Crippen molar-refractivity contribution in [1.29, 1.82) is 0 Å². The van der Waals surface area contributed by atoms with Crippen LogP contribution in [0.5, 0.6) is 0 Å². The average Bonchev–Trinajstić information content (AvgIpc) is 2.55. The first kappa shape index (κ1) is 19.1. The summed E-state index contributed by atoms with van der Waals surface area (Å²) in [7, 11) is 0.976. The van der Waals surface area contributed by atoms with Crippen molar-refractivity contribution in [3.63, 3.8) is 0 Å². The predicted octanol–water partition coefficient (Wildman–Crippen LogP) is 2.81. The number of dihydropyridines is 1. The number of benzene rings is 1. The lowest BCUT2D eigenvalue weighted by Crippen LogP contribution is -2.34. The predicted molar refractivity (Wildman–Crippen MR) is 81.7 cm³/mol. The van der Waals surface area contributed by atoms with Crippen LogP contribution in [0.3, 0.4) is 0 Å². The van der Waals surface area contributed by atoms with Crippen LogP contribution in [-0.2, 0) is 15.7 Å². The van der Waals surface area contributed by atoms with Gasteiger partial charge in [0.25, 0.3) is 5.70 Å². The van der Waals surface area contributed by atoms with Gasteiger partial charge < -0.3 is 20.5 Å². The molecule has 1 aromatic rings. The van der Waals surface area contributed by atoms with Gasteiger partial charge in [0, 0.05) is 0 Å². The number of carbonyl (C=O) groups is 1. The number of nitrogens with two attached hydrogens (primary N) is 1. The van der Waals surface area contributed by atoms with Gasteiger partial charge in [0.2, 0.25) is 0 Å². The summed E-state index contributed by atoms with van der Waals surface area (Å²) >= 11 is 0. The molecule has 0 fully saturated rings. The minimum atomic E-state index is -4.79. The summed E-state index contributed by atoms with van der Waals surface area (Å²) in [5.74, 6) is -2.55. The summed E-state index contributed by atoms with van der Waals surface area (Å²) in [5, 5.41) is 13.9. The molecule has 1 aliphatic heterocycles. The van der Waals surface area contributed by atoms with E-state index in [4.69, 9.17) is 10.5 Å². The largest absolute Gasteiger partial charge is 0.513 e. The smallest absolute Gasteiger partial charge is 0.437 e. The van der Waals surface area contributed by atoms with Gasteiger partial charge in [0.15, 0.2) is 5.76 Å². The molecular weight excluding hydrogens is 359 g/mol. The molecule has 0 amide bonds. The summed E-state index contributed by atoms with van der Waals surface area (Å²) in [6.45, 7) is 1.28. The maximum atomic E-state index is 13.4. The first-order chi connectivity index (χ1) is 12.1. The number of carbonyl (C=O) groups excluding carboxylic acids is 1. The molecular formula is C15H14F3N3O5. The number of alkyl halides is 3. The molecule has 0 aliphatic carbocycles. The van der Waals surface area contributed by atoms with Crippen molar-refractivity contribution in [2.24, 2.45) is 5.73 Å². The highest BCUT2D eigenvalue weighted by Crippen LogP contribution is 2.43. The van der Waals surface area contributed by atoms with Crippen LogP contribution in [0.4, 0.5) is 18.0 Å². The fourth-order valence-electron chi connectivity index (χ4n) is 2.61. The number of methoxy groups -OCH3 is 1. The molecule has 0 radical (unpaired) electrons. The Balaban J connectivity index is 2.74. The van der Waals surface area contributed by atoms with Crippen LogP contribution in [0.25, 0.3) is 0 Å².